The van der Waals surface area contributed by atoms with E-state index in [0.29, 0.717) is 6.61 Å². The Labute approximate surface area is 84.5 Å². The van der Waals surface area contributed by atoms with Gasteiger partial charge in [-0.05, 0) is 38.7 Å². The smallest absolute Gasteiger partial charge is 0.125 e. The number of rotatable bonds is 4. The molecule has 1 aliphatic rings. The molecular formula is C11H16N2O. The van der Waals surface area contributed by atoms with E-state index in [1.807, 2.05) is 19.9 Å². The van der Waals surface area contributed by atoms with E-state index in [4.69, 9.17) is 4.74 Å². The highest BCUT2D eigenvalue weighted by Crippen LogP contribution is 2.28. The van der Waals surface area contributed by atoms with Crippen molar-refractivity contribution in [1.82, 2.24) is 9.97 Å². The number of nitrogens with zero attached hydrogens (tertiary/aromatic N) is 2. The zero-order valence-electron chi connectivity index (χ0n) is 8.79. The number of hydrogen-bond acceptors (Lipinski definition) is 3. The van der Waals surface area contributed by atoms with Crippen LogP contribution < -0.4 is 0 Å². The molecule has 14 heavy (non-hydrogen) atoms. The van der Waals surface area contributed by atoms with Crippen LogP contribution in [0.5, 0.6) is 0 Å². The standard InChI is InChI=1S/C11H16N2O/c1-8-5-11(13-9(2)12-8)7-14-6-10-3-4-10/h5,10H,3-4,6-7H2,1-2H3. The van der Waals surface area contributed by atoms with Crippen LogP contribution >= 0.6 is 0 Å². The third kappa shape index (κ3) is 2.77. The summed E-state index contributed by atoms with van der Waals surface area (Å²) in [6.45, 7) is 5.42. The molecule has 0 radical (unpaired) electrons. The Kier molecular flexibility index (Phi) is 2.77. The summed E-state index contributed by atoms with van der Waals surface area (Å²) in [7, 11) is 0. The Balaban J connectivity index is 1.87. The van der Waals surface area contributed by atoms with Crippen LogP contribution in [-0.4, -0.2) is 16.6 Å². The van der Waals surface area contributed by atoms with Crippen LogP contribution in [0.25, 0.3) is 0 Å². The van der Waals surface area contributed by atoms with Crippen molar-refractivity contribution in [1.29, 1.82) is 0 Å². The van der Waals surface area contributed by atoms with Gasteiger partial charge in [0.15, 0.2) is 0 Å². The van der Waals surface area contributed by atoms with Gasteiger partial charge >= 0.3 is 0 Å². The van der Waals surface area contributed by atoms with Gasteiger partial charge in [-0.2, -0.15) is 0 Å². The van der Waals surface area contributed by atoms with Gasteiger partial charge in [0.05, 0.1) is 12.3 Å². The summed E-state index contributed by atoms with van der Waals surface area (Å²) >= 11 is 0. The summed E-state index contributed by atoms with van der Waals surface area (Å²) < 4.78 is 5.56. The minimum Gasteiger partial charge on any atom is -0.375 e. The molecule has 2 rings (SSSR count). The van der Waals surface area contributed by atoms with Crippen molar-refractivity contribution in [3.63, 3.8) is 0 Å². The number of aromatic nitrogens is 2. The Morgan fingerprint density at radius 2 is 2.14 bits per heavy atom. The van der Waals surface area contributed by atoms with Crippen LogP contribution in [0.15, 0.2) is 6.07 Å². The maximum Gasteiger partial charge on any atom is 0.125 e. The van der Waals surface area contributed by atoms with Crippen molar-refractivity contribution in [2.24, 2.45) is 5.92 Å². The maximum atomic E-state index is 5.56. The highest BCUT2D eigenvalue weighted by Gasteiger charge is 2.21. The van der Waals surface area contributed by atoms with Gasteiger partial charge in [-0.3, -0.25) is 0 Å². The molecule has 0 unspecified atom stereocenters. The Morgan fingerprint density at radius 3 is 2.79 bits per heavy atom. The SMILES string of the molecule is Cc1cc(COCC2CC2)nc(C)n1. The molecule has 1 aromatic heterocycles. The minimum atomic E-state index is 0.626. The largest absolute Gasteiger partial charge is 0.375 e. The second-order valence-corrected chi connectivity index (χ2v) is 4.01. The third-order valence-corrected chi connectivity index (χ3v) is 2.32. The molecule has 0 bridgehead atoms. The highest BCUT2D eigenvalue weighted by molar-refractivity contribution is 5.08. The molecule has 1 fully saturated rings. The van der Waals surface area contributed by atoms with Gasteiger partial charge in [-0.15, -0.1) is 0 Å². The lowest BCUT2D eigenvalue weighted by molar-refractivity contribution is 0.108. The summed E-state index contributed by atoms with van der Waals surface area (Å²) in [6, 6.07) is 1.99. The fourth-order valence-electron chi connectivity index (χ4n) is 1.48. The van der Waals surface area contributed by atoms with E-state index < -0.39 is 0 Å². The topological polar surface area (TPSA) is 35.0 Å². The monoisotopic (exact) mass is 192 g/mol. The lowest BCUT2D eigenvalue weighted by Crippen LogP contribution is -2.02. The van der Waals surface area contributed by atoms with Crippen LogP contribution in [0.2, 0.25) is 0 Å². The number of ether oxygens (including phenoxy) is 1. The normalized spacial score (nSPS) is 15.9. The molecule has 3 nitrogen and oxygen atoms in total. The second-order valence-electron chi connectivity index (χ2n) is 4.01. The van der Waals surface area contributed by atoms with Crippen molar-refractivity contribution in [3.8, 4) is 0 Å². The Morgan fingerprint density at radius 1 is 1.36 bits per heavy atom. The van der Waals surface area contributed by atoms with E-state index in [2.05, 4.69) is 9.97 Å². The van der Waals surface area contributed by atoms with Crippen LogP contribution in [0, 0.1) is 19.8 Å². The fourth-order valence-corrected chi connectivity index (χ4v) is 1.48. The molecule has 1 saturated carbocycles. The molecule has 0 saturated heterocycles. The van der Waals surface area contributed by atoms with Gasteiger partial charge in [0.1, 0.15) is 5.82 Å². The fraction of sp³-hybridized carbons (Fsp3) is 0.636. The summed E-state index contributed by atoms with van der Waals surface area (Å²) in [5.74, 6) is 1.65. The molecule has 0 N–H and O–H groups in total. The van der Waals surface area contributed by atoms with Gasteiger partial charge in [0, 0.05) is 12.3 Å². The van der Waals surface area contributed by atoms with Crippen LogP contribution in [0.3, 0.4) is 0 Å². The van der Waals surface area contributed by atoms with Crippen molar-refractivity contribution < 1.29 is 4.74 Å². The van der Waals surface area contributed by atoms with Gasteiger partial charge in [-0.1, -0.05) is 0 Å². The molecule has 0 aromatic carbocycles. The molecule has 1 heterocycles. The minimum absolute atomic E-state index is 0.626. The number of hydrogen-bond donors (Lipinski definition) is 0. The van der Waals surface area contributed by atoms with E-state index in [1.54, 1.807) is 0 Å². The maximum absolute atomic E-state index is 5.56. The average molecular weight is 192 g/mol. The molecule has 3 heteroatoms. The van der Waals surface area contributed by atoms with E-state index >= 15 is 0 Å². The van der Waals surface area contributed by atoms with Crippen molar-refractivity contribution in [3.05, 3.63) is 23.3 Å². The Hall–Kier alpha value is -0.960. The van der Waals surface area contributed by atoms with Gasteiger partial charge in [0.2, 0.25) is 0 Å². The van der Waals surface area contributed by atoms with E-state index in [1.165, 1.54) is 12.8 Å². The zero-order chi connectivity index (χ0) is 9.97. The van der Waals surface area contributed by atoms with E-state index in [9.17, 15) is 0 Å². The predicted octanol–water partition coefficient (Wildman–Crippen LogP) is 2.02. The molecule has 76 valence electrons. The lowest BCUT2D eigenvalue weighted by Gasteiger charge is -2.04. The van der Waals surface area contributed by atoms with Gasteiger partial charge < -0.3 is 4.74 Å². The van der Waals surface area contributed by atoms with Crippen molar-refractivity contribution in [2.75, 3.05) is 6.61 Å². The first-order chi connectivity index (χ1) is 6.74. The van der Waals surface area contributed by atoms with Crippen molar-refractivity contribution >= 4 is 0 Å². The first-order valence-corrected chi connectivity index (χ1v) is 5.13. The van der Waals surface area contributed by atoms with E-state index in [-0.39, 0.29) is 0 Å². The summed E-state index contributed by atoms with van der Waals surface area (Å²) in [6.07, 6.45) is 2.67. The van der Waals surface area contributed by atoms with Crippen molar-refractivity contribution in [2.45, 2.75) is 33.3 Å². The quantitative estimate of drug-likeness (QED) is 0.732. The summed E-state index contributed by atoms with van der Waals surface area (Å²) in [4.78, 5) is 8.54. The lowest BCUT2D eigenvalue weighted by atomic mass is 10.3. The first kappa shape index (κ1) is 9.59. The summed E-state index contributed by atoms with van der Waals surface area (Å²) in [5.41, 5.74) is 2.01. The second kappa shape index (κ2) is 4.05. The van der Waals surface area contributed by atoms with Gasteiger partial charge in [0.25, 0.3) is 0 Å². The predicted molar refractivity (Wildman–Crippen MR) is 53.9 cm³/mol. The van der Waals surface area contributed by atoms with Gasteiger partial charge in [-0.25, -0.2) is 9.97 Å². The molecule has 1 aliphatic carbocycles. The van der Waals surface area contributed by atoms with Crippen LogP contribution in [0.1, 0.15) is 30.1 Å². The van der Waals surface area contributed by atoms with Crippen LogP contribution in [-0.2, 0) is 11.3 Å². The first-order valence-electron chi connectivity index (χ1n) is 5.13. The molecular weight excluding hydrogens is 176 g/mol. The third-order valence-electron chi connectivity index (χ3n) is 2.32. The van der Waals surface area contributed by atoms with E-state index in [0.717, 1.165) is 29.7 Å². The molecule has 0 atom stereocenters. The summed E-state index contributed by atoms with van der Waals surface area (Å²) in [5, 5.41) is 0. The average Bonchev–Trinajstić information content (AvgIpc) is 2.86. The molecule has 0 spiro atoms. The molecule has 1 aromatic rings. The molecule has 0 amide bonds. The highest BCUT2D eigenvalue weighted by atomic mass is 16.5. The zero-order valence-corrected chi connectivity index (χ0v) is 8.79. The molecule has 0 aliphatic heterocycles. The van der Waals surface area contributed by atoms with Crippen LogP contribution in [0.4, 0.5) is 0 Å². The number of aryl methyl sites for hydroxylation is 2. The Bertz CT molecular complexity index is 301.